The first-order chi connectivity index (χ1) is 13.7. The molecule has 28 heavy (non-hydrogen) atoms. The van der Waals surface area contributed by atoms with Gasteiger partial charge in [0, 0.05) is 11.4 Å². The molecule has 2 atom stereocenters. The molecule has 0 bridgehead atoms. The molecule has 2 unspecified atom stereocenters. The molecule has 1 saturated heterocycles. The Bertz CT molecular complexity index is 755. The number of halogens is 1. The van der Waals surface area contributed by atoms with Crippen LogP contribution in [0.4, 0.5) is 9.18 Å². The molecular formula is C22H28FN3OS. The van der Waals surface area contributed by atoms with E-state index in [0.717, 1.165) is 31.5 Å². The molecule has 2 aliphatic rings. The minimum absolute atomic E-state index is 0.0543. The third-order valence-electron chi connectivity index (χ3n) is 6.05. The van der Waals surface area contributed by atoms with Gasteiger partial charge in [-0.15, -0.1) is 11.3 Å². The third-order valence-corrected chi connectivity index (χ3v) is 7.02. The molecule has 4 rings (SSSR count). The molecule has 1 aromatic heterocycles. The number of benzene rings is 1. The molecule has 2 aromatic rings. The number of hydrogen-bond acceptors (Lipinski definition) is 3. The summed E-state index contributed by atoms with van der Waals surface area (Å²) in [5.41, 5.74) is 0.982. The lowest BCUT2D eigenvalue weighted by atomic mass is 9.77. The Hall–Kier alpha value is -1.92. The van der Waals surface area contributed by atoms with Crippen molar-refractivity contribution in [2.75, 3.05) is 19.6 Å². The average molecular weight is 402 g/mol. The number of nitrogens with one attached hydrogen (secondary N) is 2. The van der Waals surface area contributed by atoms with Crippen LogP contribution in [0.15, 0.2) is 41.8 Å². The summed E-state index contributed by atoms with van der Waals surface area (Å²) < 4.78 is 13.3. The Balaban J connectivity index is 1.39. The second-order valence-electron chi connectivity index (χ2n) is 7.85. The summed E-state index contributed by atoms with van der Waals surface area (Å²) >= 11 is 1.75. The summed E-state index contributed by atoms with van der Waals surface area (Å²) in [7, 11) is 0. The highest BCUT2D eigenvalue weighted by molar-refractivity contribution is 7.10. The Morgan fingerprint density at radius 2 is 1.89 bits per heavy atom. The van der Waals surface area contributed by atoms with Crippen molar-refractivity contribution in [1.29, 1.82) is 0 Å². The molecule has 6 heteroatoms. The lowest BCUT2D eigenvalue weighted by Gasteiger charge is -2.35. The van der Waals surface area contributed by atoms with E-state index in [1.807, 2.05) is 0 Å². The summed E-state index contributed by atoms with van der Waals surface area (Å²) in [5, 5.41) is 8.36. The Kier molecular flexibility index (Phi) is 6.27. The van der Waals surface area contributed by atoms with Crippen molar-refractivity contribution in [3.63, 3.8) is 0 Å². The lowest BCUT2D eigenvalue weighted by molar-refractivity contribution is 0.200. The predicted octanol–water partition coefficient (Wildman–Crippen LogP) is 4.86. The third kappa shape index (κ3) is 4.55. The van der Waals surface area contributed by atoms with Gasteiger partial charge < -0.3 is 10.6 Å². The van der Waals surface area contributed by atoms with Crippen LogP contribution < -0.4 is 10.6 Å². The van der Waals surface area contributed by atoms with Crippen LogP contribution in [0.2, 0.25) is 0 Å². The zero-order valence-corrected chi connectivity index (χ0v) is 16.9. The zero-order valence-electron chi connectivity index (χ0n) is 16.1. The van der Waals surface area contributed by atoms with Crippen molar-refractivity contribution in [3.8, 4) is 0 Å². The van der Waals surface area contributed by atoms with Gasteiger partial charge in [0.15, 0.2) is 0 Å². The van der Waals surface area contributed by atoms with Gasteiger partial charge in [0.25, 0.3) is 0 Å². The quantitative estimate of drug-likeness (QED) is 0.696. The monoisotopic (exact) mass is 401 g/mol. The number of nitrogens with zero attached hydrogens (tertiary/aromatic N) is 1. The molecule has 2 amide bonds. The van der Waals surface area contributed by atoms with Gasteiger partial charge in [-0.25, -0.2) is 9.18 Å². The number of rotatable bonds is 7. The van der Waals surface area contributed by atoms with E-state index in [-0.39, 0.29) is 23.9 Å². The first kappa shape index (κ1) is 19.4. The fraction of sp³-hybridized carbons (Fsp3) is 0.500. The van der Waals surface area contributed by atoms with E-state index < -0.39 is 0 Å². The Morgan fingerprint density at radius 1 is 1.14 bits per heavy atom. The van der Waals surface area contributed by atoms with E-state index in [1.54, 1.807) is 23.5 Å². The molecule has 2 fully saturated rings. The topological polar surface area (TPSA) is 44.4 Å². The van der Waals surface area contributed by atoms with Crippen molar-refractivity contribution in [3.05, 3.63) is 58.0 Å². The average Bonchev–Trinajstić information content (AvgIpc) is 3.35. The number of amides is 2. The van der Waals surface area contributed by atoms with Gasteiger partial charge in [0.05, 0.1) is 12.1 Å². The van der Waals surface area contributed by atoms with Crippen LogP contribution >= 0.6 is 11.3 Å². The van der Waals surface area contributed by atoms with Crippen LogP contribution in [0.25, 0.3) is 0 Å². The highest BCUT2D eigenvalue weighted by Gasteiger charge is 2.30. The molecule has 0 spiro atoms. The SMILES string of the molecule is O=C(NCC(c1cccs1)N1CCCC1)NC(c1ccc(F)cc1)C1CCC1. The van der Waals surface area contributed by atoms with Crippen molar-refractivity contribution in [2.45, 2.75) is 44.2 Å². The van der Waals surface area contributed by atoms with Crippen molar-refractivity contribution in [1.82, 2.24) is 15.5 Å². The molecule has 4 nitrogen and oxygen atoms in total. The first-order valence-electron chi connectivity index (χ1n) is 10.3. The number of likely N-dealkylation sites (tertiary alicyclic amines) is 1. The minimum Gasteiger partial charge on any atom is -0.336 e. The van der Waals surface area contributed by atoms with E-state index in [0.29, 0.717) is 12.5 Å². The molecule has 0 radical (unpaired) electrons. The Morgan fingerprint density at radius 3 is 2.50 bits per heavy atom. The molecule has 150 valence electrons. The van der Waals surface area contributed by atoms with E-state index in [9.17, 15) is 9.18 Å². The zero-order chi connectivity index (χ0) is 19.3. The van der Waals surface area contributed by atoms with Gasteiger partial charge in [-0.1, -0.05) is 24.6 Å². The van der Waals surface area contributed by atoms with E-state index in [4.69, 9.17) is 0 Å². The van der Waals surface area contributed by atoms with Crippen LogP contribution in [-0.2, 0) is 0 Å². The van der Waals surface area contributed by atoms with E-state index >= 15 is 0 Å². The maximum Gasteiger partial charge on any atom is 0.315 e. The summed E-state index contributed by atoms with van der Waals surface area (Å²) in [5.74, 6) is 0.188. The normalized spacial score (nSPS) is 19.8. The van der Waals surface area contributed by atoms with Crippen molar-refractivity contribution < 1.29 is 9.18 Å². The maximum absolute atomic E-state index is 13.3. The van der Waals surface area contributed by atoms with E-state index in [1.165, 1.54) is 36.3 Å². The van der Waals surface area contributed by atoms with Crippen LogP contribution in [0.3, 0.4) is 0 Å². The fourth-order valence-electron chi connectivity index (χ4n) is 4.24. The van der Waals surface area contributed by atoms with Crippen LogP contribution in [0, 0.1) is 11.7 Å². The summed E-state index contributed by atoms with van der Waals surface area (Å²) in [4.78, 5) is 16.5. The smallest absolute Gasteiger partial charge is 0.315 e. The molecule has 1 aliphatic carbocycles. The number of thiophene rings is 1. The Labute approximate surface area is 170 Å². The highest BCUT2D eigenvalue weighted by Crippen LogP contribution is 2.37. The maximum atomic E-state index is 13.3. The molecule has 1 saturated carbocycles. The molecule has 2 heterocycles. The number of hydrogen-bond donors (Lipinski definition) is 2. The van der Waals surface area contributed by atoms with Gasteiger partial charge in [0.1, 0.15) is 5.82 Å². The number of carbonyl (C=O) groups is 1. The first-order valence-corrected chi connectivity index (χ1v) is 11.2. The predicted molar refractivity (Wildman–Crippen MR) is 111 cm³/mol. The number of urea groups is 1. The largest absolute Gasteiger partial charge is 0.336 e. The van der Waals surface area contributed by atoms with Crippen LogP contribution in [0.1, 0.15) is 54.6 Å². The highest BCUT2D eigenvalue weighted by atomic mass is 32.1. The minimum atomic E-state index is -0.245. The van der Waals surface area contributed by atoms with E-state index in [2.05, 4.69) is 33.0 Å². The van der Waals surface area contributed by atoms with Crippen molar-refractivity contribution in [2.24, 2.45) is 5.92 Å². The van der Waals surface area contributed by atoms with Gasteiger partial charge >= 0.3 is 6.03 Å². The van der Waals surface area contributed by atoms with Gasteiger partial charge in [-0.2, -0.15) is 0 Å². The molecule has 1 aromatic carbocycles. The summed E-state index contributed by atoms with van der Waals surface area (Å²) in [6.45, 7) is 2.78. The van der Waals surface area contributed by atoms with Gasteiger partial charge in [0.2, 0.25) is 0 Å². The number of carbonyl (C=O) groups excluding carboxylic acids is 1. The summed E-state index contributed by atoms with van der Waals surface area (Å²) in [6, 6.07) is 10.8. The molecule has 1 aliphatic heterocycles. The second-order valence-corrected chi connectivity index (χ2v) is 8.83. The second kappa shape index (κ2) is 9.05. The molecular weight excluding hydrogens is 373 g/mol. The van der Waals surface area contributed by atoms with Gasteiger partial charge in [-0.3, -0.25) is 4.90 Å². The fourth-order valence-corrected chi connectivity index (χ4v) is 5.10. The van der Waals surface area contributed by atoms with Crippen LogP contribution in [-0.4, -0.2) is 30.6 Å². The lowest BCUT2D eigenvalue weighted by Crippen LogP contribution is -2.45. The standard InChI is InChI=1S/C22H28FN3OS/c23-18-10-8-17(9-11-18)21(16-5-3-6-16)25-22(27)24-15-19(20-7-4-14-28-20)26-12-1-2-13-26/h4,7-11,14,16,19,21H,1-3,5-6,12-13,15H2,(H2,24,25,27). The summed E-state index contributed by atoms with van der Waals surface area (Å²) in [6.07, 6.45) is 5.85. The molecule has 2 N–H and O–H groups in total. The van der Waals surface area contributed by atoms with Crippen molar-refractivity contribution >= 4 is 17.4 Å². The van der Waals surface area contributed by atoms with Crippen LogP contribution in [0.5, 0.6) is 0 Å². The van der Waals surface area contributed by atoms with Gasteiger partial charge in [-0.05, 0) is 73.8 Å².